The van der Waals surface area contributed by atoms with E-state index in [0.717, 1.165) is 22.3 Å². The Bertz CT molecular complexity index is 1540. The first kappa shape index (κ1) is 22.0. The van der Waals surface area contributed by atoms with Crippen LogP contribution in [-0.4, -0.2) is 30.1 Å². The summed E-state index contributed by atoms with van der Waals surface area (Å²) in [6.07, 6.45) is 4.37. The van der Waals surface area contributed by atoms with Crippen molar-refractivity contribution in [2.24, 2.45) is 0 Å². The molecule has 0 fully saturated rings. The number of carbonyl (C=O) groups excluding carboxylic acids is 1. The van der Waals surface area contributed by atoms with Gasteiger partial charge in [-0.3, -0.25) is 9.20 Å². The third-order valence-corrected chi connectivity index (χ3v) is 6.18. The van der Waals surface area contributed by atoms with Gasteiger partial charge in [-0.1, -0.05) is 35.4 Å². The summed E-state index contributed by atoms with van der Waals surface area (Å²) in [6, 6.07) is 12.4. The summed E-state index contributed by atoms with van der Waals surface area (Å²) >= 11 is 6.02. The van der Waals surface area contributed by atoms with Crippen molar-refractivity contribution in [3.05, 3.63) is 88.2 Å². The average Bonchev–Trinajstić information content (AvgIpc) is 3.42. The van der Waals surface area contributed by atoms with Gasteiger partial charge in [0.15, 0.2) is 5.65 Å². The molecule has 1 N–H and O–H groups in total. The van der Waals surface area contributed by atoms with Gasteiger partial charge in [0.1, 0.15) is 17.2 Å². The standard InChI is InChI=1S/C25H22ClFN6O/c1-15-3-4-16(2)19(11-15)21-13-22-25-30-29-23(32(25)9-10-33(22)31-21)7-8-24(34)28-14-17-5-6-18(27)12-20(17)26/h3-6,9-13H,7-8,14H2,1-2H3,(H,28,34). The molecule has 5 rings (SSSR count). The fourth-order valence-corrected chi connectivity index (χ4v) is 4.18. The first-order valence-electron chi connectivity index (χ1n) is 10.9. The van der Waals surface area contributed by atoms with E-state index in [1.165, 1.54) is 17.7 Å². The molecule has 0 aliphatic carbocycles. The lowest BCUT2D eigenvalue weighted by Crippen LogP contribution is -2.23. The van der Waals surface area contributed by atoms with Crippen LogP contribution in [-0.2, 0) is 17.8 Å². The van der Waals surface area contributed by atoms with E-state index in [0.29, 0.717) is 23.5 Å². The molecule has 34 heavy (non-hydrogen) atoms. The minimum Gasteiger partial charge on any atom is -0.352 e. The van der Waals surface area contributed by atoms with Gasteiger partial charge in [0, 0.05) is 42.4 Å². The molecule has 0 radical (unpaired) electrons. The second-order valence-corrected chi connectivity index (χ2v) is 8.71. The van der Waals surface area contributed by atoms with Crippen LogP contribution in [0.2, 0.25) is 5.02 Å². The van der Waals surface area contributed by atoms with Gasteiger partial charge >= 0.3 is 0 Å². The van der Waals surface area contributed by atoms with Gasteiger partial charge in [0.05, 0.1) is 5.69 Å². The highest BCUT2D eigenvalue weighted by atomic mass is 35.5. The predicted molar refractivity (Wildman–Crippen MR) is 128 cm³/mol. The van der Waals surface area contributed by atoms with E-state index in [9.17, 15) is 9.18 Å². The zero-order valence-electron chi connectivity index (χ0n) is 18.7. The molecule has 1 amide bonds. The third kappa shape index (κ3) is 4.24. The van der Waals surface area contributed by atoms with E-state index in [2.05, 4.69) is 47.6 Å². The highest BCUT2D eigenvalue weighted by molar-refractivity contribution is 6.31. The lowest BCUT2D eigenvalue weighted by atomic mass is 10.0. The Labute approximate surface area is 200 Å². The Balaban J connectivity index is 1.32. The van der Waals surface area contributed by atoms with Crippen molar-refractivity contribution in [2.45, 2.75) is 33.2 Å². The monoisotopic (exact) mass is 476 g/mol. The zero-order chi connectivity index (χ0) is 23.8. The maximum absolute atomic E-state index is 13.2. The van der Waals surface area contributed by atoms with Gasteiger partial charge in [-0.25, -0.2) is 8.91 Å². The number of benzene rings is 2. The number of nitrogens with zero attached hydrogens (tertiary/aromatic N) is 5. The number of amides is 1. The highest BCUT2D eigenvalue weighted by Gasteiger charge is 2.15. The van der Waals surface area contributed by atoms with E-state index >= 15 is 0 Å². The Hall–Kier alpha value is -3.78. The van der Waals surface area contributed by atoms with E-state index in [1.54, 1.807) is 10.6 Å². The van der Waals surface area contributed by atoms with E-state index in [-0.39, 0.29) is 23.9 Å². The van der Waals surface area contributed by atoms with Gasteiger partial charge < -0.3 is 5.32 Å². The van der Waals surface area contributed by atoms with Crippen LogP contribution in [0.15, 0.2) is 54.9 Å². The summed E-state index contributed by atoms with van der Waals surface area (Å²) < 4.78 is 16.9. The number of aromatic nitrogens is 5. The lowest BCUT2D eigenvalue weighted by molar-refractivity contribution is -0.121. The van der Waals surface area contributed by atoms with Crippen molar-refractivity contribution < 1.29 is 9.18 Å². The van der Waals surface area contributed by atoms with Crippen molar-refractivity contribution in [3.8, 4) is 11.3 Å². The molecular formula is C25H22ClFN6O. The van der Waals surface area contributed by atoms with Crippen molar-refractivity contribution >= 4 is 28.7 Å². The number of carbonyl (C=O) groups is 1. The second kappa shape index (κ2) is 8.87. The average molecular weight is 477 g/mol. The Kier molecular flexibility index (Phi) is 5.75. The summed E-state index contributed by atoms with van der Waals surface area (Å²) in [6.45, 7) is 4.36. The smallest absolute Gasteiger partial charge is 0.220 e. The number of halogens is 2. The van der Waals surface area contributed by atoms with E-state index in [4.69, 9.17) is 16.7 Å². The van der Waals surface area contributed by atoms with Crippen LogP contribution in [0.4, 0.5) is 4.39 Å². The largest absolute Gasteiger partial charge is 0.352 e. The van der Waals surface area contributed by atoms with Crippen molar-refractivity contribution in [1.82, 2.24) is 29.5 Å². The molecule has 7 nitrogen and oxygen atoms in total. The van der Waals surface area contributed by atoms with Crippen LogP contribution >= 0.6 is 11.6 Å². The zero-order valence-corrected chi connectivity index (χ0v) is 19.5. The lowest BCUT2D eigenvalue weighted by Gasteiger charge is -2.07. The SMILES string of the molecule is Cc1ccc(C)c(-c2cc3c4nnc(CCC(=O)NCc5ccc(F)cc5Cl)n4ccn3n2)c1. The summed E-state index contributed by atoms with van der Waals surface area (Å²) in [5.41, 5.74) is 6.46. The van der Waals surface area contributed by atoms with Gasteiger partial charge in [0.25, 0.3) is 0 Å². The summed E-state index contributed by atoms with van der Waals surface area (Å²) in [4.78, 5) is 12.4. The van der Waals surface area contributed by atoms with E-state index < -0.39 is 5.82 Å². The normalized spacial score (nSPS) is 11.4. The van der Waals surface area contributed by atoms with Gasteiger partial charge in [-0.05, 0) is 49.2 Å². The van der Waals surface area contributed by atoms with Crippen LogP contribution in [0.5, 0.6) is 0 Å². The quantitative estimate of drug-likeness (QED) is 0.385. The molecule has 0 bridgehead atoms. The fraction of sp³-hybridized carbons (Fsp3) is 0.200. The van der Waals surface area contributed by atoms with Gasteiger partial charge in [-0.2, -0.15) is 5.10 Å². The molecule has 0 spiro atoms. The summed E-state index contributed by atoms with van der Waals surface area (Å²) in [7, 11) is 0. The molecule has 0 unspecified atom stereocenters. The molecule has 3 aromatic heterocycles. The highest BCUT2D eigenvalue weighted by Crippen LogP contribution is 2.26. The van der Waals surface area contributed by atoms with Crippen molar-refractivity contribution in [2.75, 3.05) is 0 Å². The maximum Gasteiger partial charge on any atom is 0.220 e. The first-order valence-corrected chi connectivity index (χ1v) is 11.3. The van der Waals surface area contributed by atoms with Crippen LogP contribution < -0.4 is 5.32 Å². The van der Waals surface area contributed by atoms with E-state index in [1.807, 2.05) is 22.9 Å². The summed E-state index contributed by atoms with van der Waals surface area (Å²) in [5, 5.41) is 16.5. The van der Waals surface area contributed by atoms with Gasteiger partial charge in [-0.15, -0.1) is 10.2 Å². The van der Waals surface area contributed by atoms with Crippen LogP contribution in [0, 0.1) is 19.7 Å². The second-order valence-electron chi connectivity index (χ2n) is 8.30. The van der Waals surface area contributed by atoms with Crippen molar-refractivity contribution in [1.29, 1.82) is 0 Å². The topological polar surface area (TPSA) is 76.6 Å². The Morgan fingerprint density at radius 2 is 1.94 bits per heavy atom. The minimum absolute atomic E-state index is 0.153. The minimum atomic E-state index is -0.410. The number of fused-ring (bicyclic) bond motifs is 3. The van der Waals surface area contributed by atoms with Crippen LogP contribution in [0.1, 0.15) is 28.9 Å². The third-order valence-electron chi connectivity index (χ3n) is 5.82. The summed E-state index contributed by atoms with van der Waals surface area (Å²) in [5.74, 6) is 0.119. The molecule has 2 aromatic carbocycles. The molecule has 5 aromatic rings. The molecule has 0 saturated heterocycles. The fourth-order valence-electron chi connectivity index (χ4n) is 3.95. The molecule has 0 atom stereocenters. The number of nitrogens with one attached hydrogen (secondary N) is 1. The van der Waals surface area contributed by atoms with Crippen LogP contribution in [0.25, 0.3) is 22.4 Å². The molecule has 3 heterocycles. The number of aryl methyl sites for hydroxylation is 3. The maximum atomic E-state index is 13.2. The molecule has 0 saturated carbocycles. The molecular weight excluding hydrogens is 455 g/mol. The Morgan fingerprint density at radius 1 is 1.09 bits per heavy atom. The predicted octanol–water partition coefficient (Wildman–Crippen LogP) is 4.70. The van der Waals surface area contributed by atoms with Crippen LogP contribution in [0.3, 0.4) is 0 Å². The van der Waals surface area contributed by atoms with Gasteiger partial charge in [0.2, 0.25) is 5.91 Å². The number of rotatable bonds is 6. The molecule has 0 aliphatic rings. The molecule has 9 heteroatoms. The number of hydrogen-bond acceptors (Lipinski definition) is 4. The number of hydrogen-bond donors (Lipinski definition) is 1. The van der Waals surface area contributed by atoms with Crippen molar-refractivity contribution in [3.63, 3.8) is 0 Å². The molecule has 172 valence electrons. The Morgan fingerprint density at radius 3 is 2.76 bits per heavy atom. The molecule has 0 aliphatic heterocycles. The first-order chi connectivity index (χ1) is 16.4.